The molecule has 12 aromatic rings. The molecule has 1 aliphatic carbocycles. The van der Waals surface area contributed by atoms with E-state index in [1.54, 1.807) is 0 Å². The average Bonchev–Trinajstić information content (AvgIpc) is 3.84. The minimum absolute atomic E-state index is 0.110. The van der Waals surface area contributed by atoms with Crippen molar-refractivity contribution in [3.8, 4) is 50.2 Å². The third kappa shape index (κ3) is 6.25. The van der Waals surface area contributed by atoms with E-state index in [0.29, 0.717) is 0 Å². The molecule has 0 fully saturated rings. The van der Waals surface area contributed by atoms with E-state index in [9.17, 15) is 0 Å². The van der Waals surface area contributed by atoms with Crippen molar-refractivity contribution >= 4 is 60.4 Å². The van der Waals surface area contributed by atoms with Crippen LogP contribution in [0.25, 0.3) is 93.5 Å². The molecule has 0 bridgehead atoms. The van der Waals surface area contributed by atoms with Crippen LogP contribution in [0.3, 0.4) is 0 Å². The van der Waals surface area contributed by atoms with E-state index in [2.05, 4.69) is 266 Å². The third-order valence-electron chi connectivity index (χ3n) is 14.3. The largest absolute Gasteiger partial charge is 0.310 e. The first-order valence-corrected chi connectivity index (χ1v) is 23.3. The SMILES string of the molecule is CC1(C)c2ccccc2-c2cccc(-c3ccc(N(c4cccc(-c5ccc6c(c5)c5ccccc5n6-c5ccccc5)c4)c4cccc(-c5cccc6c5ccc5ccccc56)c4)cc3)c21. The van der Waals surface area contributed by atoms with Gasteiger partial charge in [-0.25, -0.2) is 0 Å². The van der Waals surface area contributed by atoms with Crippen LogP contribution in [-0.2, 0) is 5.41 Å². The van der Waals surface area contributed by atoms with Crippen molar-refractivity contribution < 1.29 is 0 Å². The van der Waals surface area contributed by atoms with Crippen LogP contribution in [0.4, 0.5) is 17.1 Å². The Morgan fingerprint density at radius 2 is 0.925 bits per heavy atom. The van der Waals surface area contributed by atoms with Gasteiger partial charge in [0.2, 0.25) is 0 Å². The van der Waals surface area contributed by atoms with Crippen LogP contribution in [0.2, 0.25) is 0 Å². The Morgan fingerprint density at radius 1 is 0.328 bits per heavy atom. The zero-order valence-corrected chi connectivity index (χ0v) is 37.5. The molecule has 2 heteroatoms. The number of hydrogen-bond acceptors (Lipinski definition) is 1. The van der Waals surface area contributed by atoms with Gasteiger partial charge in [0.1, 0.15) is 0 Å². The van der Waals surface area contributed by atoms with Crippen molar-refractivity contribution in [1.29, 1.82) is 0 Å². The van der Waals surface area contributed by atoms with E-state index in [1.165, 1.54) is 93.4 Å². The standard InChI is InChI=1S/C65H46N2/c1-65(2)61-30-10-8-24-57(61)59-29-15-27-54(64(59)65)44-32-36-49(37-33-44)66(51-22-13-18-47(41-51)53-26-14-28-55-52-23-7-6-16-43(52)34-38-56(53)55)50-21-12-17-45(40-50)46-35-39-63-60(42-46)58-25-9-11-31-62(58)67(63)48-19-4-3-5-20-48/h3-42H,1-2H3. The maximum atomic E-state index is 2.42. The molecule has 0 N–H and O–H groups in total. The summed E-state index contributed by atoms with van der Waals surface area (Å²) < 4.78 is 2.38. The lowest BCUT2D eigenvalue weighted by Crippen LogP contribution is -2.16. The molecule has 13 rings (SSSR count). The summed E-state index contributed by atoms with van der Waals surface area (Å²) in [4.78, 5) is 2.42. The van der Waals surface area contributed by atoms with Gasteiger partial charge in [0.05, 0.1) is 11.0 Å². The molecule has 0 spiro atoms. The highest BCUT2D eigenvalue weighted by atomic mass is 15.1. The molecule has 0 unspecified atom stereocenters. The smallest absolute Gasteiger partial charge is 0.0541 e. The fourth-order valence-electron chi connectivity index (χ4n) is 11.3. The first-order valence-electron chi connectivity index (χ1n) is 23.3. The number of aromatic nitrogens is 1. The third-order valence-corrected chi connectivity index (χ3v) is 14.3. The van der Waals surface area contributed by atoms with Crippen molar-refractivity contribution in [1.82, 2.24) is 4.57 Å². The summed E-state index contributed by atoms with van der Waals surface area (Å²) in [6.07, 6.45) is 0. The van der Waals surface area contributed by atoms with Crippen LogP contribution >= 0.6 is 0 Å². The second kappa shape index (κ2) is 15.3. The fraction of sp³-hybridized carbons (Fsp3) is 0.0462. The molecule has 0 saturated heterocycles. The summed E-state index contributed by atoms with van der Waals surface area (Å²) in [7, 11) is 0. The predicted molar refractivity (Wildman–Crippen MR) is 284 cm³/mol. The molecule has 11 aromatic carbocycles. The van der Waals surface area contributed by atoms with Gasteiger partial charge in [-0.3, -0.25) is 0 Å². The number of anilines is 3. The summed E-state index contributed by atoms with van der Waals surface area (Å²) in [6.45, 7) is 4.74. The van der Waals surface area contributed by atoms with Gasteiger partial charge in [0.15, 0.2) is 0 Å². The lowest BCUT2D eigenvalue weighted by atomic mass is 9.79. The average molecular weight is 855 g/mol. The quantitative estimate of drug-likeness (QED) is 0.145. The summed E-state index contributed by atoms with van der Waals surface area (Å²) in [6, 6.07) is 89.4. The summed E-state index contributed by atoms with van der Waals surface area (Å²) >= 11 is 0. The Bertz CT molecular complexity index is 3890. The molecule has 1 aliphatic rings. The first kappa shape index (κ1) is 39.0. The van der Waals surface area contributed by atoms with Crippen LogP contribution in [0.15, 0.2) is 243 Å². The molecular formula is C65H46N2. The summed E-state index contributed by atoms with van der Waals surface area (Å²) in [5.74, 6) is 0. The molecule has 316 valence electrons. The topological polar surface area (TPSA) is 8.17 Å². The molecule has 0 saturated carbocycles. The van der Waals surface area contributed by atoms with Crippen molar-refractivity contribution in [2.24, 2.45) is 0 Å². The van der Waals surface area contributed by atoms with Gasteiger partial charge < -0.3 is 9.47 Å². The second-order valence-electron chi connectivity index (χ2n) is 18.5. The lowest BCUT2D eigenvalue weighted by Gasteiger charge is -2.27. The van der Waals surface area contributed by atoms with Crippen molar-refractivity contribution in [3.63, 3.8) is 0 Å². The highest BCUT2D eigenvalue weighted by Crippen LogP contribution is 2.52. The van der Waals surface area contributed by atoms with Gasteiger partial charge >= 0.3 is 0 Å². The highest BCUT2D eigenvalue weighted by molar-refractivity contribution is 6.13. The van der Waals surface area contributed by atoms with E-state index >= 15 is 0 Å². The Kier molecular flexibility index (Phi) is 8.91. The number of benzene rings is 11. The molecule has 1 heterocycles. The molecule has 0 aliphatic heterocycles. The van der Waals surface area contributed by atoms with Gasteiger partial charge in [0.25, 0.3) is 0 Å². The zero-order chi connectivity index (χ0) is 44.6. The molecule has 67 heavy (non-hydrogen) atoms. The normalized spacial score (nSPS) is 12.7. The van der Waals surface area contributed by atoms with Crippen LogP contribution in [0.5, 0.6) is 0 Å². The molecule has 0 amide bonds. The van der Waals surface area contributed by atoms with Gasteiger partial charge in [0, 0.05) is 38.9 Å². The van der Waals surface area contributed by atoms with Gasteiger partial charge in [-0.1, -0.05) is 190 Å². The Balaban J connectivity index is 0.954. The predicted octanol–water partition coefficient (Wildman–Crippen LogP) is 17.9. The van der Waals surface area contributed by atoms with Crippen molar-refractivity contribution in [2.75, 3.05) is 4.90 Å². The van der Waals surface area contributed by atoms with E-state index in [-0.39, 0.29) is 5.41 Å². The van der Waals surface area contributed by atoms with Crippen LogP contribution < -0.4 is 4.90 Å². The maximum Gasteiger partial charge on any atom is 0.0541 e. The van der Waals surface area contributed by atoms with E-state index in [1.807, 2.05) is 0 Å². The molecule has 2 nitrogen and oxygen atoms in total. The number of para-hydroxylation sites is 2. The monoisotopic (exact) mass is 854 g/mol. The Morgan fingerprint density at radius 3 is 1.78 bits per heavy atom. The van der Waals surface area contributed by atoms with Crippen molar-refractivity contribution in [2.45, 2.75) is 19.3 Å². The maximum absolute atomic E-state index is 2.42. The summed E-state index contributed by atoms with van der Waals surface area (Å²) in [5.41, 5.74) is 19.4. The fourth-order valence-corrected chi connectivity index (χ4v) is 11.3. The molecule has 1 aromatic heterocycles. The minimum Gasteiger partial charge on any atom is -0.310 e. The first-order chi connectivity index (χ1) is 33.0. The zero-order valence-electron chi connectivity index (χ0n) is 37.5. The number of fused-ring (bicyclic) bond motifs is 9. The van der Waals surface area contributed by atoms with Crippen molar-refractivity contribution in [3.05, 3.63) is 254 Å². The number of rotatable bonds is 7. The van der Waals surface area contributed by atoms with Crippen LogP contribution in [0, 0.1) is 0 Å². The second-order valence-corrected chi connectivity index (χ2v) is 18.5. The molecular weight excluding hydrogens is 809 g/mol. The Labute approximate surface area is 391 Å². The molecule has 0 radical (unpaired) electrons. The molecule has 0 atom stereocenters. The van der Waals surface area contributed by atoms with Crippen LogP contribution in [0.1, 0.15) is 25.0 Å². The van der Waals surface area contributed by atoms with E-state index in [0.717, 1.165) is 28.3 Å². The van der Waals surface area contributed by atoms with Gasteiger partial charge in [-0.15, -0.1) is 0 Å². The van der Waals surface area contributed by atoms with Gasteiger partial charge in [-0.2, -0.15) is 0 Å². The highest BCUT2D eigenvalue weighted by Gasteiger charge is 2.37. The van der Waals surface area contributed by atoms with Gasteiger partial charge in [-0.05, 0) is 144 Å². The van der Waals surface area contributed by atoms with E-state index in [4.69, 9.17) is 0 Å². The summed E-state index contributed by atoms with van der Waals surface area (Å²) in [5, 5.41) is 7.53. The number of nitrogens with zero attached hydrogens (tertiary/aromatic N) is 2. The lowest BCUT2D eigenvalue weighted by molar-refractivity contribution is 0.662. The number of hydrogen-bond donors (Lipinski definition) is 0. The minimum atomic E-state index is -0.110. The van der Waals surface area contributed by atoms with E-state index < -0.39 is 0 Å². The van der Waals surface area contributed by atoms with Crippen LogP contribution in [-0.4, -0.2) is 4.57 Å². The Hall–Kier alpha value is -8.46.